The predicted octanol–water partition coefficient (Wildman–Crippen LogP) is 2.92. The molecule has 4 rings (SSSR count). The number of nitrogens with two attached hydrogens (primary N) is 1. The highest BCUT2D eigenvalue weighted by molar-refractivity contribution is 5.68. The molecule has 0 radical (unpaired) electrons. The van der Waals surface area contributed by atoms with Crippen LogP contribution in [0, 0.1) is 11.6 Å². The molecular weight excluding hydrogens is 418 g/mol. The smallest absolute Gasteiger partial charge is 0.407 e. The fraction of sp³-hybridized carbons (Fsp3) is 0.545. The summed E-state index contributed by atoms with van der Waals surface area (Å²) < 4.78 is 34.2. The van der Waals surface area contributed by atoms with E-state index in [0.717, 1.165) is 23.4 Å². The van der Waals surface area contributed by atoms with Crippen LogP contribution in [0.4, 0.5) is 19.4 Å². The van der Waals surface area contributed by atoms with Crippen LogP contribution in [0.15, 0.2) is 18.2 Å². The van der Waals surface area contributed by atoms with Crippen molar-refractivity contribution in [1.82, 2.24) is 25.3 Å². The Kier molecular flexibility index (Phi) is 5.85. The predicted molar refractivity (Wildman–Crippen MR) is 116 cm³/mol. The van der Waals surface area contributed by atoms with Crippen molar-refractivity contribution in [3.8, 4) is 0 Å². The van der Waals surface area contributed by atoms with Crippen molar-refractivity contribution in [2.75, 3.05) is 19.3 Å². The lowest BCUT2D eigenvalue weighted by Gasteiger charge is -2.46. The molecule has 174 valence electrons. The van der Waals surface area contributed by atoms with Crippen LogP contribution in [-0.2, 0) is 17.8 Å². The largest absolute Gasteiger partial charge is 0.444 e. The molecule has 2 aromatic rings. The molecule has 4 N–H and O–H groups in total. The third kappa shape index (κ3) is 4.56. The van der Waals surface area contributed by atoms with Crippen LogP contribution in [0.5, 0.6) is 0 Å². The molecule has 1 unspecified atom stereocenters. The van der Waals surface area contributed by atoms with Crippen LogP contribution in [0.3, 0.4) is 0 Å². The zero-order valence-corrected chi connectivity index (χ0v) is 18.8. The van der Waals surface area contributed by atoms with Gasteiger partial charge in [0.05, 0.1) is 17.8 Å². The van der Waals surface area contributed by atoms with Crippen LogP contribution >= 0.6 is 0 Å². The standard InChI is InChI=1S/C22H30F2N6O2/c1-22(2,3)32-21(31)26-17-8-13(30-10-15-18(11-30)27-28-20(15)25)9-29(4)19(17)14-7-12(23)5-6-16(14)24/h5-7,13,17,19H,8-11H2,1-4H3,(H,26,31)(H3,25,27,28)/t13-,17+,19?/m1/s1. The van der Waals surface area contributed by atoms with Crippen molar-refractivity contribution in [2.24, 2.45) is 0 Å². The van der Waals surface area contributed by atoms with Crippen LogP contribution in [0.2, 0.25) is 0 Å². The maximum atomic E-state index is 14.7. The Morgan fingerprint density at radius 2 is 2.06 bits per heavy atom. The molecule has 1 fully saturated rings. The first-order valence-electron chi connectivity index (χ1n) is 10.7. The first kappa shape index (κ1) is 22.5. The Bertz CT molecular complexity index is 1000. The number of likely N-dealkylation sites (N-methyl/N-ethyl adjacent to an activating group) is 1. The van der Waals surface area contributed by atoms with Crippen molar-refractivity contribution in [3.05, 3.63) is 46.7 Å². The Balaban J connectivity index is 1.59. The van der Waals surface area contributed by atoms with Crippen LogP contribution < -0.4 is 11.1 Å². The number of piperidine rings is 1. The topological polar surface area (TPSA) is 99.5 Å². The number of carbonyl (C=O) groups is 1. The van der Waals surface area contributed by atoms with Gasteiger partial charge in [-0.1, -0.05) is 0 Å². The lowest BCUT2D eigenvalue weighted by Crippen LogP contribution is -2.57. The molecule has 1 amide bonds. The number of alkyl carbamates (subject to hydrolysis) is 1. The van der Waals surface area contributed by atoms with E-state index < -0.39 is 35.4 Å². The van der Waals surface area contributed by atoms with Gasteiger partial charge in [0.25, 0.3) is 0 Å². The average molecular weight is 449 g/mol. The maximum absolute atomic E-state index is 14.7. The van der Waals surface area contributed by atoms with Gasteiger partial charge in [-0.05, 0) is 52.4 Å². The normalized spacial score (nSPS) is 24.4. The van der Waals surface area contributed by atoms with E-state index in [0.29, 0.717) is 31.9 Å². The van der Waals surface area contributed by atoms with Gasteiger partial charge in [-0.2, -0.15) is 5.10 Å². The number of aromatic amines is 1. The van der Waals surface area contributed by atoms with E-state index in [4.69, 9.17) is 10.5 Å². The number of carbonyl (C=O) groups excluding carboxylic acids is 1. The summed E-state index contributed by atoms with van der Waals surface area (Å²) in [6, 6.07) is 2.44. The fourth-order valence-corrected chi connectivity index (χ4v) is 4.74. The quantitative estimate of drug-likeness (QED) is 0.668. The minimum atomic E-state index is -0.675. The van der Waals surface area contributed by atoms with Crippen molar-refractivity contribution >= 4 is 11.9 Å². The van der Waals surface area contributed by atoms with Gasteiger partial charge in [0.15, 0.2) is 0 Å². The van der Waals surface area contributed by atoms with Crippen molar-refractivity contribution in [1.29, 1.82) is 0 Å². The lowest BCUT2D eigenvalue weighted by atomic mass is 9.87. The molecule has 3 atom stereocenters. The number of halogens is 2. The number of benzene rings is 1. The molecule has 32 heavy (non-hydrogen) atoms. The maximum Gasteiger partial charge on any atom is 0.407 e. The van der Waals surface area contributed by atoms with Gasteiger partial charge >= 0.3 is 6.09 Å². The average Bonchev–Trinajstić information content (AvgIpc) is 3.24. The summed E-state index contributed by atoms with van der Waals surface area (Å²) >= 11 is 0. The number of nitrogens with zero attached hydrogens (tertiary/aromatic N) is 3. The van der Waals surface area contributed by atoms with E-state index in [1.54, 1.807) is 20.8 Å². The molecule has 1 aromatic heterocycles. The summed E-state index contributed by atoms with van der Waals surface area (Å²) in [5.74, 6) is -0.463. The number of nitrogen functional groups attached to an aromatic ring is 1. The number of ether oxygens (including phenoxy) is 1. The minimum absolute atomic E-state index is 0.0569. The second-order valence-corrected chi connectivity index (χ2v) is 9.66. The summed E-state index contributed by atoms with van der Waals surface area (Å²) in [5.41, 5.74) is 7.43. The Hall–Kier alpha value is -2.72. The van der Waals surface area contributed by atoms with Gasteiger partial charge in [0.2, 0.25) is 0 Å². The minimum Gasteiger partial charge on any atom is -0.444 e. The fourth-order valence-electron chi connectivity index (χ4n) is 4.74. The Morgan fingerprint density at radius 1 is 1.31 bits per heavy atom. The number of anilines is 1. The highest BCUT2D eigenvalue weighted by Crippen LogP contribution is 2.36. The first-order valence-corrected chi connectivity index (χ1v) is 10.7. The summed E-state index contributed by atoms with van der Waals surface area (Å²) in [5, 5.41) is 9.99. The number of H-pyrrole nitrogens is 1. The van der Waals surface area contributed by atoms with E-state index in [1.165, 1.54) is 6.07 Å². The first-order chi connectivity index (χ1) is 15.0. The van der Waals surface area contributed by atoms with Crippen LogP contribution in [0.25, 0.3) is 0 Å². The van der Waals surface area contributed by atoms with Gasteiger partial charge in [0, 0.05) is 36.8 Å². The molecule has 2 aliphatic heterocycles. The van der Waals surface area contributed by atoms with E-state index in [-0.39, 0.29) is 11.6 Å². The molecule has 0 bridgehead atoms. The molecule has 1 aromatic carbocycles. The molecule has 3 heterocycles. The number of hydrogen-bond acceptors (Lipinski definition) is 6. The molecular formula is C22H30F2N6O2. The molecule has 0 saturated carbocycles. The number of aromatic nitrogens is 2. The highest BCUT2D eigenvalue weighted by atomic mass is 19.1. The van der Waals surface area contributed by atoms with Gasteiger partial charge in [0.1, 0.15) is 23.1 Å². The number of hydrogen-bond donors (Lipinski definition) is 3. The Labute approximate surface area is 186 Å². The zero-order valence-electron chi connectivity index (χ0n) is 18.8. The molecule has 10 heteroatoms. The second-order valence-electron chi connectivity index (χ2n) is 9.66. The van der Waals surface area contributed by atoms with E-state index >= 15 is 0 Å². The molecule has 0 aliphatic carbocycles. The van der Waals surface area contributed by atoms with Gasteiger partial charge < -0.3 is 15.8 Å². The summed E-state index contributed by atoms with van der Waals surface area (Å²) in [7, 11) is 1.86. The summed E-state index contributed by atoms with van der Waals surface area (Å²) in [4.78, 5) is 16.8. The molecule has 0 spiro atoms. The number of nitrogens with one attached hydrogen (secondary N) is 2. The Morgan fingerprint density at radius 3 is 2.75 bits per heavy atom. The van der Waals surface area contributed by atoms with Crippen LogP contribution in [0.1, 0.15) is 50.1 Å². The van der Waals surface area contributed by atoms with Gasteiger partial charge in [-0.3, -0.25) is 14.9 Å². The number of amides is 1. The number of rotatable bonds is 3. The molecule has 2 aliphatic rings. The molecule has 1 saturated heterocycles. The summed E-state index contributed by atoms with van der Waals surface area (Å²) in [6.45, 7) is 7.24. The van der Waals surface area contributed by atoms with E-state index in [1.807, 2.05) is 11.9 Å². The van der Waals surface area contributed by atoms with Crippen molar-refractivity contribution in [3.63, 3.8) is 0 Å². The third-order valence-corrected chi connectivity index (χ3v) is 6.07. The highest BCUT2D eigenvalue weighted by Gasteiger charge is 2.42. The van der Waals surface area contributed by atoms with Crippen molar-refractivity contribution < 1.29 is 18.3 Å². The SMILES string of the molecule is CN1C[C@H](N2Cc3n[nH]c(N)c3C2)C[C@H](NC(=O)OC(C)(C)C)C1c1cc(F)ccc1F. The zero-order chi connectivity index (χ0) is 23.2. The van der Waals surface area contributed by atoms with E-state index in [2.05, 4.69) is 20.4 Å². The van der Waals surface area contributed by atoms with Gasteiger partial charge in [-0.15, -0.1) is 0 Å². The van der Waals surface area contributed by atoms with Crippen LogP contribution in [-0.4, -0.2) is 57.4 Å². The monoisotopic (exact) mass is 448 g/mol. The van der Waals surface area contributed by atoms with E-state index in [9.17, 15) is 13.6 Å². The second kappa shape index (κ2) is 8.32. The summed E-state index contributed by atoms with van der Waals surface area (Å²) in [6.07, 6.45) is -0.0462. The van der Waals surface area contributed by atoms with Gasteiger partial charge in [-0.25, -0.2) is 13.6 Å². The molecule has 8 nitrogen and oxygen atoms in total. The third-order valence-electron chi connectivity index (χ3n) is 6.07. The number of fused-ring (bicyclic) bond motifs is 1. The number of likely N-dealkylation sites (tertiary alicyclic amines) is 1. The van der Waals surface area contributed by atoms with Crippen molar-refractivity contribution in [2.45, 2.75) is 64.0 Å². The lowest BCUT2D eigenvalue weighted by molar-refractivity contribution is 0.0258.